The average molecular weight is 264 g/mol. The van der Waals surface area contributed by atoms with Gasteiger partial charge in [0.1, 0.15) is 10.7 Å². The van der Waals surface area contributed by atoms with Crippen molar-refractivity contribution in [1.29, 1.82) is 0 Å². The van der Waals surface area contributed by atoms with Crippen molar-refractivity contribution in [2.75, 3.05) is 32.1 Å². The van der Waals surface area contributed by atoms with Gasteiger partial charge in [-0.15, -0.1) is 0 Å². The Labute approximate surface area is 114 Å². The Morgan fingerprint density at radius 2 is 2.17 bits per heavy atom. The molecule has 0 saturated carbocycles. The van der Waals surface area contributed by atoms with E-state index < -0.39 is 0 Å². The summed E-state index contributed by atoms with van der Waals surface area (Å²) >= 11 is 5.07. The number of aromatic nitrogens is 1. The Morgan fingerprint density at radius 3 is 2.78 bits per heavy atom. The van der Waals surface area contributed by atoms with Crippen molar-refractivity contribution >= 4 is 22.9 Å². The van der Waals surface area contributed by atoms with E-state index in [0.29, 0.717) is 11.0 Å². The second-order valence-corrected chi connectivity index (χ2v) is 5.32. The number of nitrogens with two attached hydrogens (primary N) is 1. The molecule has 1 fully saturated rings. The van der Waals surface area contributed by atoms with Crippen molar-refractivity contribution in [3.8, 4) is 0 Å². The predicted molar refractivity (Wildman–Crippen MR) is 79.0 cm³/mol. The largest absolute Gasteiger partial charge is 0.388 e. The number of pyridine rings is 1. The molecule has 0 unspecified atom stereocenters. The van der Waals surface area contributed by atoms with Crippen LogP contribution in [-0.4, -0.2) is 48.1 Å². The quantitative estimate of drug-likeness (QED) is 0.832. The number of anilines is 1. The van der Waals surface area contributed by atoms with Crippen LogP contribution in [0.4, 0.5) is 5.69 Å². The summed E-state index contributed by atoms with van der Waals surface area (Å²) in [7, 11) is 4.27. The summed E-state index contributed by atoms with van der Waals surface area (Å²) in [5, 5.41) is 0. The van der Waals surface area contributed by atoms with Crippen LogP contribution in [0.2, 0.25) is 0 Å². The van der Waals surface area contributed by atoms with Gasteiger partial charge in [0.15, 0.2) is 0 Å². The Balaban J connectivity index is 2.18. The van der Waals surface area contributed by atoms with Gasteiger partial charge in [-0.25, -0.2) is 0 Å². The lowest BCUT2D eigenvalue weighted by atomic mass is 10.0. The zero-order chi connectivity index (χ0) is 13.1. The van der Waals surface area contributed by atoms with Gasteiger partial charge in [0.05, 0.1) is 5.69 Å². The molecule has 0 bridgehead atoms. The minimum absolute atomic E-state index is 0.366. The standard InChI is InChI=1S/C13H20N4S/c1-16-8-5-10(6-9-16)17(2)11-4-3-7-15-12(11)13(14)18/h3-4,7,10H,5-6,8-9H2,1-2H3,(H2,14,18). The van der Waals surface area contributed by atoms with Gasteiger partial charge in [-0.3, -0.25) is 4.98 Å². The average Bonchev–Trinajstić information content (AvgIpc) is 2.39. The monoisotopic (exact) mass is 264 g/mol. The first-order valence-electron chi connectivity index (χ1n) is 6.26. The molecule has 1 aliphatic heterocycles. The lowest BCUT2D eigenvalue weighted by Gasteiger charge is -2.36. The van der Waals surface area contributed by atoms with Gasteiger partial charge in [-0.2, -0.15) is 0 Å². The van der Waals surface area contributed by atoms with Gasteiger partial charge in [-0.1, -0.05) is 12.2 Å². The highest BCUT2D eigenvalue weighted by atomic mass is 32.1. The highest BCUT2D eigenvalue weighted by Gasteiger charge is 2.22. The van der Waals surface area contributed by atoms with Gasteiger partial charge in [0.2, 0.25) is 0 Å². The SMILES string of the molecule is CN1CCC(N(C)c2cccnc2C(N)=S)CC1. The molecule has 4 nitrogen and oxygen atoms in total. The van der Waals surface area contributed by atoms with Crippen molar-refractivity contribution in [2.24, 2.45) is 5.73 Å². The molecule has 1 aliphatic rings. The summed E-state index contributed by atoms with van der Waals surface area (Å²) in [4.78, 5) is 9.29. The van der Waals surface area contributed by atoms with Crippen molar-refractivity contribution < 1.29 is 0 Å². The molecule has 2 N–H and O–H groups in total. The number of likely N-dealkylation sites (tertiary alicyclic amines) is 1. The van der Waals surface area contributed by atoms with Crippen LogP contribution in [-0.2, 0) is 0 Å². The van der Waals surface area contributed by atoms with Crippen molar-refractivity contribution in [1.82, 2.24) is 9.88 Å². The molecule has 0 radical (unpaired) electrons. The lowest BCUT2D eigenvalue weighted by molar-refractivity contribution is 0.253. The maximum absolute atomic E-state index is 5.74. The van der Waals surface area contributed by atoms with E-state index in [1.807, 2.05) is 12.1 Å². The molecule has 0 atom stereocenters. The summed E-state index contributed by atoms with van der Waals surface area (Å²) in [6.07, 6.45) is 4.07. The second-order valence-electron chi connectivity index (χ2n) is 4.88. The minimum Gasteiger partial charge on any atom is -0.388 e. The number of thiocarbonyl (C=S) groups is 1. The van der Waals surface area contributed by atoms with Crippen molar-refractivity contribution in [2.45, 2.75) is 18.9 Å². The first kappa shape index (κ1) is 13.2. The highest BCUT2D eigenvalue weighted by molar-refractivity contribution is 7.80. The number of rotatable bonds is 3. The first-order valence-corrected chi connectivity index (χ1v) is 6.66. The van der Waals surface area contributed by atoms with Crippen LogP contribution < -0.4 is 10.6 Å². The molecular formula is C13H20N4S. The van der Waals surface area contributed by atoms with Gasteiger partial charge >= 0.3 is 0 Å². The van der Waals surface area contributed by atoms with E-state index in [-0.39, 0.29) is 0 Å². The third kappa shape index (κ3) is 2.79. The van der Waals surface area contributed by atoms with E-state index >= 15 is 0 Å². The van der Waals surface area contributed by atoms with E-state index in [0.717, 1.165) is 24.5 Å². The first-order chi connectivity index (χ1) is 8.59. The molecule has 2 rings (SSSR count). The third-order valence-electron chi connectivity index (χ3n) is 3.64. The van der Waals surface area contributed by atoms with Crippen LogP contribution in [0, 0.1) is 0 Å². The van der Waals surface area contributed by atoms with E-state index in [1.165, 1.54) is 12.8 Å². The number of hydrogen-bond donors (Lipinski definition) is 1. The number of piperidine rings is 1. The van der Waals surface area contributed by atoms with Gasteiger partial charge in [-0.05, 0) is 45.1 Å². The minimum atomic E-state index is 0.366. The summed E-state index contributed by atoms with van der Waals surface area (Å²) in [6, 6.07) is 4.51. The summed E-state index contributed by atoms with van der Waals surface area (Å²) in [6.45, 7) is 2.27. The second kappa shape index (κ2) is 5.63. The highest BCUT2D eigenvalue weighted by Crippen LogP contribution is 2.23. The van der Waals surface area contributed by atoms with Crippen LogP contribution in [0.5, 0.6) is 0 Å². The molecule has 1 saturated heterocycles. The molecule has 2 heterocycles. The summed E-state index contributed by atoms with van der Waals surface area (Å²) < 4.78 is 0. The summed E-state index contributed by atoms with van der Waals surface area (Å²) in [5.41, 5.74) is 7.51. The van der Waals surface area contributed by atoms with Crippen LogP contribution in [0.25, 0.3) is 0 Å². The fourth-order valence-electron chi connectivity index (χ4n) is 2.45. The Morgan fingerprint density at radius 1 is 1.50 bits per heavy atom. The van der Waals surface area contributed by atoms with Crippen molar-refractivity contribution in [3.63, 3.8) is 0 Å². The van der Waals surface area contributed by atoms with Crippen LogP contribution in [0.15, 0.2) is 18.3 Å². The molecule has 0 aliphatic carbocycles. The molecule has 5 heteroatoms. The van der Waals surface area contributed by atoms with Crippen LogP contribution in [0.1, 0.15) is 18.5 Å². The summed E-state index contributed by atoms with van der Waals surface area (Å²) in [5.74, 6) is 0. The zero-order valence-electron chi connectivity index (χ0n) is 11.0. The number of hydrogen-bond acceptors (Lipinski definition) is 4. The van der Waals surface area contributed by atoms with Crippen LogP contribution in [0.3, 0.4) is 0 Å². The Bertz CT molecular complexity index is 427. The molecule has 1 aromatic rings. The van der Waals surface area contributed by atoms with Gasteiger partial charge in [0, 0.05) is 19.3 Å². The van der Waals surface area contributed by atoms with E-state index in [2.05, 4.69) is 28.9 Å². The maximum Gasteiger partial charge on any atom is 0.124 e. The zero-order valence-corrected chi connectivity index (χ0v) is 11.8. The fourth-order valence-corrected chi connectivity index (χ4v) is 2.61. The smallest absolute Gasteiger partial charge is 0.124 e. The third-order valence-corrected chi connectivity index (χ3v) is 3.83. The topological polar surface area (TPSA) is 45.4 Å². The molecule has 0 spiro atoms. The molecule has 0 amide bonds. The predicted octanol–water partition coefficient (Wildman–Crippen LogP) is 1.25. The molecule has 1 aromatic heterocycles. The molecule has 18 heavy (non-hydrogen) atoms. The number of nitrogens with zero attached hydrogens (tertiary/aromatic N) is 3. The molecular weight excluding hydrogens is 244 g/mol. The van der Waals surface area contributed by atoms with E-state index in [9.17, 15) is 0 Å². The van der Waals surface area contributed by atoms with Crippen molar-refractivity contribution in [3.05, 3.63) is 24.0 Å². The van der Waals surface area contributed by atoms with E-state index in [4.69, 9.17) is 18.0 Å². The lowest BCUT2D eigenvalue weighted by Crippen LogP contribution is -2.42. The maximum atomic E-state index is 5.74. The Hall–Kier alpha value is -1.20. The van der Waals surface area contributed by atoms with Gasteiger partial charge in [0.25, 0.3) is 0 Å². The van der Waals surface area contributed by atoms with Crippen LogP contribution >= 0.6 is 12.2 Å². The van der Waals surface area contributed by atoms with E-state index in [1.54, 1.807) is 6.20 Å². The fraction of sp³-hybridized carbons (Fsp3) is 0.538. The normalized spacial score (nSPS) is 17.7. The molecule has 98 valence electrons. The Kier molecular flexibility index (Phi) is 4.14. The van der Waals surface area contributed by atoms with Gasteiger partial charge < -0.3 is 15.5 Å². The molecule has 0 aromatic carbocycles.